The molecule has 0 aromatic heterocycles. The van der Waals surface area contributed by atoms with Crippen LogP contribution in [0.15, 0.2) is 0 Å². The van der Waals surface area contributed by atoms with E-state index in [-0.39, 0.29) is 6.61 Å². The Morgan fingerprint density at radius 3 is 2.31 bits per heavy atom. The van der Waals surface area contributed by atoms with Crippen LogP contribution in [0, 0.1) is 0 Å². The molecular formula is C10H20O2S. The quantitative estimate of drug-likeness (QED) is 0.686. The minimum absolute atomic E-state index is 0.0975. The first kappa shape index (κ1) is 11.3. The Morgan fingerprint density at radius 1 is 1.15 bits per heavy atom. The molecule has 0 aromatic carbocycles. The van der Waals surface area contributed by atoms with Crippen molar-refractivity contribution >= 4 is 11.8 Å². The van der Waals surface area contributed by atoms with Crippen molar-refractivity contribution in [1.82, 2.24) is 0 Å². The molecule has 0 aromatic rings. The van der Waals surface area contributed by atoms with E-state index in [2.05, 4.69) is 0 Å². The van der Waals surface area contributed by atoms with Crippen molar-refractivity contribution in [3.63, 3.8) is 0 Å². The first-order valence-electron chi connectivity index (χ1n) is 5.23. The lowest BCUT2D eigenvalue weighted by Gasteiger charge is -2.15. The van der Waals surface area contributed by atoms with Gasteiger partial charge in [0.1, 0.15) is 0 Å². The van der Waals surface area contributed by atoms with Crippen LogP contribution in [0.2, 0.25) is 0 Å². The molecule has 0 amide bonds. The molecule has 3 heteroatoms. The van der Waals surface area contributed by atoms with Crippen molar-refractivity contribution in [3.05, 3.63) is 0 Å². The van der Waals surface area contributed by atoms with E-state index in [0.29, 0.717) is 5.75 Å². The summed E-state index contributed by atoms with van der Waals surface area (Å²) in [6, 6.07) is 0. The second-order valence-corrected chi connectivity index (χ2v) is 5.12. The molecule has 0 radical (unpaired) electrons. The number of hydrogen-bond acceptors (Lipinski definition) is 3. The topological polar surface area (TPSA) is 40.5 Å². The molecule has 1 aliphatic carbocycles. The molecule has 2 nitrogen and oxygen atoms in total. The minimum Gasteiger partial charge on any atom is -0.394 e. The second kappa shape index (κ2) is 6.68. The molecule has 1 fully saturated rings. The molecule has 1 saturated carbocycles. The fraction of sp³-hybridized carbons (Fsp3) is 1.00. The number of aliphatic hydroxyl groups is 2. The maximum absolute atomic E-state index is 9.19. The Balaban J connectivity index is 2.11. The summed E-state index contributed by atoms with van der Waals surface area (Å²) in [6.45, 7) is -0.0975. The molecule has 0 saturated heterocycles. The zero-order valence-electron chi connectivity index (χ0n) is 8.11. The van der Waals surface area contributed by atoms with Crippen LogP contribution in [0.25, 0.3) is 0 Å². The third-order valence-electron chi connectivity index (χ3n) is 2.54. The largest absolute Gasteiger partial charge is 0.394 e. The summed E-state index contributed by atoms with van der Waals surface area (Å²) < 4.78 is 0. The standard InChI is InChI=1S/C10H20O2S/c11-7-9(12)8-13-10-5-3-1-2-4-6-10/h9-12H,1-8H2. The van der Waals surface area contributed by atoms with Gasteiger partial charge in [0.05, 0.1) is 12.7 Å². The van der Waals surface area contributed by atoms with Crippen LogP contribution in [0.5, 0.6) is 0 Å². The van der Waals surface area contributed by atoms with Gasteiger partial charge in [-0.25, -0.2) is 0 Å². The molecule has 0 aliphatic heterocycles. The van der Waals surface area contributed by atoms with Crippen LogP contribution >= 0.6 is 11.8 Å². The highest BCUT2D eigenvalue weighted by Gasteiger charge is 2.13. The van der Waals surface area contributed by atoms with Gasteiger partial charge in [-0.3, -0.25) is 0 Å². The Kier molecular flexibility index (Phi) is 5.83. The van der Waals surface area contributed by atoms with Crippen molar-refractivity contribution < 1.29 is 10.2 Å². The highest BCUT2D eigenvalue weighted by Crippen LogP contribution is 2.27. The zero-order valence-corrected chi connectivity index (χ0v) is 8.93. The zero-order chi connectivity index (χ0) is 9.52. The van der Waals surface area contributed by atoms with Gasteiger partial charge >= 0.3 is 0 Å². The predicted octanol–water partition coefficient (Wildman–Crippen LogP) is 1.80. The van der Waals surface area contributed by atoms with E-state index in [4.69, 9.17) is 5.11 Å². The lowest BCUT2D eigenvalue weighted by Crippen LogP contribution is -2.17. The van der Waals surface area contributed by atoms with Gasteiger partial charge in [-0.05, 0) is 12.8 Å². The molecule has 2 N–H and O–H groups in total. The number of thioether (sulfide) groups is 1. The lowest BCUT2D eigenvalue weighted by molar-refractivity contribution is 0.113. The number of rotatable bonds is 4. The SMILES string of the molecule is OCC(O)CSC1CCCCCC1. The monoisotopic (exact) mass is 204 g/mol. The summed E-state index contributed by atoms with van der Waals surface area (Å²) >= 11 is 1.83. The van der Waals surface area contributed by atoms with E-state index in [1.165, 1.54) is 38.5 Å². The van der Waals surface area contributed by atoms with Crippen molar-refractivity contribution in [2.45, 2.75) is 49.9 Å². The Bertz CT molecular complexity index is 122. The van der Waals surface area contributed by atoms with Crippen molar-refractivity contribution in [2.75, 3.05) is 12.4 Å². The molecule has 0 bridgehead atoms. The maximum Gasteiger partial charge on any atom is 0.0861 e. The van der Waals surface area contributed by atoms with Crippen LogP contribution in [-0.4, -0.2) is 33.9 Å². The normalized spacial score (nSPS) is 22.6. The first-order chi connectivity index (χ1) is 6.33. The third-order valence-corrected chi connectivity index (χ3v) is 4.06. The molecule has 0 heterocycles. The van der Waals surface area contributed by atoms with E-state index in [1.807, 2.05) is 11.8 Å². The molecule has 1 atom stereocenters. The average Bonchev–Trinajstić information content (AvgIpc) is 2.42. The van der Waals surface area contributed by atoms with Crippen molar-refractivity contribution in [3.8, 4) is 0 Å². The molecule has 13 heavy (non-hydrogen) atoms. The van der Waals surface area contributed by atoms with E-state index in [1.54, 1.807) is 0 Å². The van der Waals surface area contributed by atoms with Crippen LogP contribution in [-0.2, 0) is 0 Å². The highest BCUT2D eigenvalue weighted by atomic mass is 32.2. The second-order valence-electron chi connectivity index (χ2n) is 3.78. The minimum atomic E-state index is -0.520. The lowest BCUT2D eigenvalue weighted by atomic mass is 10.2. The summed E-state index contributed by atoms with van der Waals surface area (Å²) in [5, 5.41) is 18.6. The smallest absolute Gasteiger partial charge is 0.0861 e. The fourth-order valence-corrected chi connectivity index (χ4v) is 2.97. The van der Waals surface area contributed by atoms with Crippen LogP contribution in [0.4, 0.5) is 0 Å². The van der Waals surface area contributed by atoms with E-state index in [0.717, 1.165) is 5.25 Å². The number of hydrogen-bond donors (Lipinski definition) is 2. The molecule has 1 aliphatic rings. The average molecular weight is 204 g/mol. The molecular weight excluding hydrogens is 184 g/mol. The maximum atomic E-state index is 9.19. The van der Waals surface area contributed by atoms with Crippen molar-refractivity contribution in [2.24, 2.45) is 0 Å². The summed E-state index contributed by atoms with van der Waals surface area (Å²) in [6.07, 6.45) is 7.50. The summed E-state index contributed by atoms with van der Waals surface area (Å²) in [7, 11) is 0. The summed E-state index contributed by atoms with van der Waals surface area (Å²) in [5.74, 6) is 0.696. The van der Waals surface area contributed by atoms with Gasteiger partial charge in [0.15, 0.2) is 0 Å². The van der Waals surface area contributed by atoms with Gasteiger partial charge in [0.2, 0.25) is 0 Å². The van der Waals surface area contributed by atoms with Gasteiger partial charge in [-0.1, -0.05) is 25.7 Å². The van der Waals surface area contributed by atoms with Gasteiger partial charge < -0.3 is 10.2 Å². The Hall–Kier alpha value is 0.270. The van der Waals surface area contributed by atoms with Crippen LogP contribution < -0.4 is 0 Å². The molecule has 78 valence electrons. The first-order valence-corrected chi connectivity index (χ1v) is 6.28. The third kappa shape index (κ3) is 4.89. The molecule has 1 unspecified atom stereocenters. The van der Waals surface area contributed by atoms with E-state index < -0.39 is 6.10 Å². The number of aliphatic hydroxyl groups excluding tert-OH is 2. The molecule has 1 rings (SSSR count). The fourth-order valence-electron chi connectivity index (χ4n) is 1.71. The van der Waals surface area contributed by atoms with Gasteiger partial charge in [-0.2, -0.15) is 11.8 Å². The van der Waals surface area contributed by atoms with Gasteiger partial charge in [0.25, 0.3) is 0 Å². The van der Waals surface area contributed by atoms with Gasteiger partial charge in [-0.15, -0.1) is 0 Å². The molecule has 0 spiro atoms. The van der Waals surface area contributed by atoms with Crippen molar-refractivity contribution in [1.29, 1.82) is 0 Å². The van der Waals surface area contributed by atoms with Gasteiger partial charge in [0, 0.05) is 11.0 Å². The Labute approximate surface area is 84.7 Å². The summed E-state index contributed by atoms with van der Waals surface area (Å²) in [4.78, 5) is 0. The van der Waals surface area contributed by atoms with Crippen LogP contribution in [0.3, 0.4) is 0 Å². The Morgan fingerprint density at radius 2 is 1.77 bits per heavy atom. The predicted molar refractivity (Wildman–Crippen MR) is 57.0 cm³/mol. The highest BCUT2D eigenvalue weighted by molar-refractivity contribution is 7.99. The summed E-state index contributed by atoms with van der Waals surface area (Å²) in [5.41, 5.74) is 0. The van der Waals surface area contributed by atoms with E-state index >= 15 is 0 Å². The van der Waals surface area contributed by atoms with E-state index in [9.17, 15) is 5.11 Å². The van der Waals surface area contributed by atoms with Crippen LogP contribution in [0.1, 0.15) is 38.5 Å².